The standard InChI is InChI=1S/C18H9ClF7N3O/c19-11-4-3-8(7-10(11)17(21,22)23)6-9-14(18(24,25)26)28-15(29-16(9)30)13-12(20)2-1-5-27-13/h1-5,7H,6H2,(H,28,29,30). The van der Waals surface area contributed by atoms with Crippen molar-refractivity contribution in [2.45, 2.75) is 18.8 Å². The molecule has 0 fully saturated rings. The van der Waals surface area contributed by atoms with E-state index >= 15 is 0 Å². The van der Waals surface area contributed by atoms with Crippen molar-refractivity contribution in [2.24, 2.45) is 0 Å². The number of nitrogens with zero attached hydrogens (tertiary/aromatic N) is 2. The van der Waals surface area contributed by atoms with Gasteiger partial charge in [-0.2, -0.15) is 26.3 Å². The third-order valence-electron chi connectivity index (χ3n) is 3.98. The molecule has 0 saturated heterocycles. The lowest BCUT2D eigenvalue weighted by Gasteiger charge is -2.14. The molecule has 0 unspecified atom stereocenters. The highest BCUT2D eigenvalue weighted by molar-refractivity contribution is 6.31. The first kappa shape index (κ1) is 21.8. The number of benzene rings is 1. The van der Waals surface area contributed by atoms with E-state index in [9.17, 15) is 35.5 Å². The summed E-state index contributed by atoms with van der Waals surface area (Å²) in [5.41, 5.74) is -6.00. The SMILES string of the molecule is O=c1[nH]c(-c2ncccc2F)nc(C(F)(F)F)c1Cc1ccc(Cl)c(C(F)(F)F)c1. The van der Waals surface area contributed by atoms with Gasteiger partial charge in [0.05, 0.1) is 16.1 Å². The molecule has 12 heteroatoms. The van der Waals surface area contributed by atoms with Gasteiger partial charge in [-0.1, -0.05) is 17.7 Å². The van der Waals surface area contributed by atoms with E-state index in [1.165, 1.54) is 6.07 Å². The largest absolute Gasteiger partial charge is 0.433 e. The molecule has 30 heavy (non-hydrogen) atoms. The molecule has 0 spiro atoms. The van der Waals surface area contributed by atoms with Crippen LogP contribution in [0.4, 0.5) is 30.7 Å². The lowest BCUT2D eigenvalue weighted by Crippen LogP contribution is -2.24. The van der Waals surface area contributed by atoms with Gasteiger partial charge in [-0.15, -0.1) is 0 Å². The van der Waals surface area contributed by atoms with Crippen molar-refractivity contribution in [1.82, 2.24) is 15.0 Å². The summed E-state index contributed by atoms with van der Waals surface area (Å²) in [6, 6.07) is 4.58. The minimum absolute atomic E-state index is 0.249. The van der Waals surface area contributed by atoms with E-state index in [1.807, 2.05) is 4.98 Å². The smallest absolute Gasteiger partial charge is 0.305 e. The van der Waals surface area contributed by atoms with Crippen LogP contribution in [0.25, 0.3) is 11.5 Å². The number of aromatic nitrogens is 3. The molecule has 0 aliphatic heterocycles. The Bertz CT molecular complexity index is 1160. The van der Waals surface area contributed by atoms with Crippen LogP contribution in [0, 0.1) is 5.82 Å². The third kappa shape index (κ3) is 4.45. The molecular weight excluding hydrogens is 443 g/mol. The Morgan fingerprint density at radius 1 is 1.03 bits per heavy atom. The van der Waals surface area contributed by atoms with Crippen LogP contribution in [0.5, 0.6) is 0 Å². The summed E-state index contributed by atoms with van der Waals surface area (Å²) in [5, 5.41) is -0.643. The summed E-state index contributed by atoms with van der Waals surface area (Å²) < 4.78 is 93.5. The number of nitrogens with one attached hydrogen (secondary N) is 1. The number of halogens is 8. The maximum atomic E-state index is 13.9. The van der Waals surface area contributed by atoms with Crippen molar-refractivity contribution in [3.05, 3.63) is 80.1 Å². The summed E-state index contributed by atoms with van der Waals surface area (Å²) >= 11 is 5.50. The fraction of sp³-hybridized carbons (Fsp3) is 0.167. The van der Waals surface area contributed by atoms with Gasteiger partial charge in [-0.25, -0.2) is 14.4 Å². The summed E-state index contributed by atoms with van der Waals surface area (Å²) in [6.45, 7) is 0. The van der Waals surface area contributed by atoms with Gasteiger partial charge in [0.25, 0.3) is 5.56 Å². The van der Waals surface area contributed by atoms with Crippen molar-refractivity contribution in [3.63, 3.8) is 0 Å². The van der Waals surface area contributed by atoms with Crippen molar-refractivity contribution in [2.75, 3.05) is 0 Å². The van der Waals surface area contributed by atoms with E-state index in [0.29, 0.717) is 6.07 Å². The van der Waals surface area contributed by atoms with Gasteiger partial charge >= 0.3 is 12.4 Å². The zero-order chi connectivity index (χ0) is 22.3. The first-order valence-corrected chi connectivity index (χ1v) is 8.42. The Morgan fingerprint density at radius 2 is 1.73 bits per heavy atom. The average Bonchev–Trinajstić information content (AvgIpc) is 2.63. The Balaban J connectivity index is 2.15. The minimum Gasteiger partial charge on any atom is -0.305 e. The highest BCUT2D eigenvalue weighted by atomic mass is 35.5. The Hall–Kier alpha value is -2.95. The molecule has 0 bridgehead atoms. The molecule has 0 aliphatic carbocycles. The number of aromatic amines is 1. The molecule has 0 aliphatic rings. The summed E-state index contributed by atoms with van der Waals surface area (Å²) in [5.74, 6) is -1.78. The van der Waals surface area contributed by atoms with Crippen LogP contribution in [0.15, 0.2) is 41.3 Å². The van der Waals surface area contributed by atoms with Crippen molar-refractivity contribution < 1.29 is 30.7 Å². The van der Waals surface area contributed by atoms with Crippen LogP contribution in [-0.4, -0.2) is 15.0 Å². The van der Waals surface area contributed by atoms with Gasteiger partial charge in [-0.3, -0.25) is 4.79 Å². The second-order valence-electron chi connectivity index (χ2n) is 6.06. The van der Waals surface area contributed by atoms with Crippen LogP contribution in [0.3, 0.4) is 0 Å². The van der Waals surface area contributed by atoms with Crippen LogP contribution in [-0.2, 0) is 18.8 Å². The molecule has 0 radical (unpaired) electrons. The van der Waals surface area contributed by atoms with Crippen molar-refractivity contribution in [3.8, 4) is 11.5 Å². The predicted octanol–water partition coefficient (Wildman–Crippen LogP) is 5.25. The maximum Gasteiger partial charge on any atom is 0.433 e. The molecule has 1 N–H and O–H groups in total. The predicted molar refractivity (Wildman–Crippen MR) is 92.3 cm³/mol. The summed E-state index contributed by atoms with van der Waals surface area (Å²) in [4.78, 5) is 21.2. The average molecular weight is 452 g/mol. The number of hydrogen-bond donors (Lipinski definition) is 1. The fourth-order valence-corrected chi connectivity index (χ4v) is 2.90. The first-order chi connectivity index (χ1) is 13.9. The number of rotatable bonds is 3. The van der Waals surface area contributed by atoms with Crippen LogP contribution < -0.4 is 5.56 Å². The van der Waals surface area contributed by atoms with E-state index in [4.69, 9.17) is 11.6 Å². The van der Waals surface area contributed by atoms with Crippen LogP contribution >= 0.6 is 11.6 Å². The van der Waals surface area contributed by atoms with Gasteiger partial charge in [0.15, 0.2) is 17.3 Å². The van der Waals surface area contributed by atoms with Crippen molar-refractivity contribution >= 4 is 11.6 Å². The molecule has 1 aromatic carbocycles. The van der Waals surface area contributed by atoms with Gasteiger partial charge < -0.3 is 4.98 Å². The summed E-state index contributed by atoms with van der Waals surface area (Å²) in [6.07, 6.45) is -9.71. The molecule has 158 valence electrons. The first-order valence-electron chi connectivity index (χ1n) is 8.05. The third-order valence-corrected chi connectivity index (χ3v) is 4.31. The van der Waals surface area contributed by atoms with Gasteiger partial charge in [-0.05, 0) is 29.8 Å². The van der Waals surface area contributed by atoms with E-state index in [0.717, 1.165) is 24.4 Å². The maximum absolute atomic E-state index is 13.9. The molecule has 0 amide bonds. The lowest BCUT2D eigenvalue weighted by atomic mass is 10.0. The lowest BCUT2D eigenvalue weighted by molar-refractivity contribution is -0.142. The highest BCUT2D eigenvalue weighted by Crippen LogP contribution is 2.36. The molecular formula is C18H9ClF7N3O. The van der Waals surface area contributed by atoms with Crippen LogP contribution in [0.2, 0.25) is 5.02 Å². The Kier molecular flexibility index (Phi) is 5.59. The topological polar surface area (TPSA) is 58.6 Å². The molecule has 0 atom stereocenters. The Labute approximate surface area is 168 Å². The molecule has 3 rings (SSSR count). The molecule has 3 aromatic rings. The van der Waals surface area contributed by atoms with Crippen LogP contribution in [0.1, 0.15) is 22.4 Å². The normalized spacial score (nSPS) is 12.3. The molecule has 4 nitrogen and oxygen atoms in total. The summed E-state index contributed by atoms with van der Waals surface area (Å²) in [7, 11) is 0. The molecule has 0 saturated carbocycles. The van der Waals surface area contributed by atoms with Gasteiger partial charge in [0.1, 0.15) is 5.69 Å². The van der Waals surface area contributed by atoms with E-state index in [2.05, 4.69) is 9.97 Å². The quantitative estimate of drug-likeness (QED) is 0.553. The highest BCUT2D eigenvalue weighted by Gasteiger charge is 2.38. The number of H-pyrrole nitrogens is 1. The molecule has 2 aromatic heterocycles. The number of hydrogen-bond acceptors (Lipinski definition) is 3. The second kappa shape index (κ2) is 7.71. The fourth-order valence-electron chi connectivity index (χ4n) is 2.67. The molecule has 2 heterocycles. The van der Waals surface area contributed by atoms with E-state index < -0.39 is 63.5 Å². The monoisotopic (exact) mass is 451 g/mol. The zero-order valence-corrected chi connectivity index (χ0v) is 15.3. The second-order valence-corrected chi connectivity index (χ2v) is 6.47. The number of pyridine rings is 1. The van der Waals surface area contributed by atoms with E-state index in [1.54, 1.807) is 0 Å². The zero-order valence-electron chi connectivity index (χ0n) is 14.5. The number of alkyl halides is 6. The van der Waals surface area contributed by atoms with E-state index in [-0.39, 0.29) is 5.56 Å². The van der Waals surface area contributed by atoms with Crippen molar-refractivity contribution in [1.29, 1.82) is 0 Å². The van der Waals surface area contributed by atoms with Gasteiger partial charge in [0, 0.05) is 12.6 Å². The Morgan fingerprint density at radius 3 is 2.33 bits per heavy atom. The minimum atomic E-state index is -5.14. The van der Waals surface area contributed by atoms with Gasteiger partial charge in [0.2, 0.25) is 0 Å².